The lowest BCUT2D eigenvalue weighted by Crippen LogP contribution is -2.58. The molecule has 2 aliphatic rings. The molecule has 21 heavy (non-hydrogen) atoms. The van der Waals surface area contributed by atoms with Crippen molar-refractivity contribution in [2.45, 2.75) is 70.5 Å². The van der Waals surface area contributed by atoms with E-state index < -0.39 is 0 Å². The van der Waals surface area contributed by atoms with Crippen LogP contribution in [-0.2, 0) is 6.54 Å². The standard InChI is InChI=1S/C18H30N2S/c1-2-7-16-12-19-18(15-8-4-3-5-9-15)14-20(16)13-17-10-6-11-21-17/h6,10-11,15-16,18-19H,2-5,7-9,12-14H2,1H3. The zero-order valence-electron chi connectivity index (χ0n) is 13.4. The summed E-state index contributed by atoms with van der Waals surface area (Å²) in [6.45, 7) is 5.93. The van der Waals surface area contributed by atoms with E-state index in [0.29, 0.717) is 0 Å². The van der Waals surface area contributed by atoms with Crippen LogP contribution >= 0.6 is 11.3 Å². The second-order valence-corrected chi connectivity index (χ2v) is 7.90. The van der Waals surface area contributed by atoms with Crippen LogP contribution in [0.3, 0.4) is 0 Å². The van der Waals surface area contributed by atoms with Crippen molar-refractivity contribution in [3.8, 4) is 0 Å². The van der Waals surface area contributed by atoms with Crippen molar-refractivity contribution in [3.63, 3.8) is 0 Å². The van der Waals surface area contributed by atoms with E-state index in [2.05, 4.69) is 34.7 Å². The van der Waals surface area contributed by atoms with Crippen LogP contribution in [0.15, 0.2) is 17.5 Å². The van der Waals surface area contributed by atoms with E-state index in [1.165, 1.54) is 62.9 Å². The average Bonchev–Trinajstić information content (AvgIpc) is 3.03. The summed E-state index contributed by atoms with van der Waals surface area (Å²) in [4.78, 5) is 4.30. The molecule has 2 heterocycles. The highest BCUT2D eigenvalue weighted by Gasteiger charge is 2.32. The van der Waals surface area contributed by atoms with Crippen molar-refractivity contribution < 1.29 is 0 Å². The van der Waals surface area contributed by atoms with Gasteiger partial charge in [-0.25, -0.2) is 0 Å². The molecule has 0 spiro atoms. The van der Waals surface area contributed by atoms with Crippen LogP contribution in [0.2, 0.25) is 0 Å². The lowest BCUT2D eigenvalue weighted by Gasteiger charge is -2.44. The molecule has 3 rings (SSSR count). The maximum Gasteiger partial charge on any atom is 0.0332 e. The van der Waals surface area contributed by atoms with E-state index in [0.717, 1.165) is 24.5 Å². The molecular formula is C18H30N2S. The number of nitrogens with one attached hydrogen (secondary N) is 1. The molecule has 1 saturated heterocycles. The number of hydrogen-bond donors (Lipinski definition) is 1. The Morgan fingerprint density at radius 2 is 2.14 bits per heavy atom. The Morgan fingerprint density at radius 1 is 1.29 bits per heavy atom. The molecule has 1 aromatic heterocycles. The zero-order valence-corrected chi connectivity index (χ0v) is 14.2. The van der Waals surface area contributed by atoms with Gasteiger partial charge in [0.05, 0.1) is 0 Å². The third-order valence-electron chi connectivity index (χ3n) is 5.34. The predicted molar refractivity (Wildman–Crippen MR) is 91.8 cm³/mol. The number of thiophene rings is 1. The SMILES string of the molecule is CCCC1CNC(C2CCCCC2)CN1Cc1cccs1. The van der Waals surface area contributed by atoms with Gasteiger partial charge in [0.25, 0.3) is 0 Å². The summed E-state index contributed by atoms with van der Waals surface area (Å²) >= 11 is 1.91. The van der Waals surface area contributed by atoms with Crippen LogP contribution in [0.25, 0.3) is 0 Å². The summed E-state index contributed by atoms with van der Waals surface area (Å²) < 4.78 is 0. The van der Waals surface area contributed by atoms with E-state index in [4.69, 9.17) is 0 Å². The maximum absolute atomic E-state index is 3.90. The second kappa shape index (κ2) is 7.75. The Morgan fingerprint density at radius 3 is 2.86 bits per heavy atom. The molecule has 0 aromatic carbocycles. The van der Waals surface area contributed by atoms with E-state index in [1.54, 1.807) is 0 Å². The smallest absolute Gasteiger partial charge is 0.0332 e. The van der Waals surface area contributed by atoms with Crippen molar-refractivity contribution in [1.29, 1.82) is 0 Å². The van der Waals surface area contributed by atoms with Crippen molar-refractivity contribution in [2.75, 3.05) is 13.1 Å². The highest BCUT2D eigenvalue weighted by atomic mass is 32.1. The molecule has 1 saturated carbocycles. The van der Waals surface area contributed by atoms with Gasteiger partial charge in [-0.05, 0) is 36.6 Å². The molecule has 0 bridgehead atoms. The summed E-state index contributed by atoms with van der Waals surface area (Å²) in [7, 11) is 0. The first-order valence-corrected chi connectivity index (χ1v) is 9.74. The third-order valence-corrected chi connectivity index (χ3v) is 6.20. The Labute approximate surface area is 133 Å². The molecular weight excluding hydrogens is 276 g/mol. The van der Waals surface area contributed by atoms with Gasteiger partial charge < -0.3 is 5.32 Å². The monoisotopic (exact) mass is 306 g/mol. The van der Waals surface area contributed by atoms with Crippen LogP contribution in [0.4, 0.5) is 0 Å². The number of rotatable bonds is 5. The Bertz CT molecular complexity index is 397. The van der Waals surface area contributed by atoms with Crippen molar-refractivity contribution in [3.05, 3.63) is 22.4 Å². The second-order valence-electron chi connectivity index (χ2n) is 6.86. The normalized spacial score (nSPS) is 28.8. The van der Waals surface area contributed by atoms with Gasteiger partial charge in [-0.3, -0.25) is 4.90 Å². The maximum atomic E-state index is 3.90. The van der Waals surface area contributed by atoms with E-state index in [-0.39, 0.29) is 0 Å². The zero-order chi connectivity index (χ0) is 14.5. The van der Waals surface area contributed by atoms with Crippen LogP contribution in [-0.4, -0.2) is 30.1 Å². The first kappa shape index (κ1) is 15.5. The third kappa shape index (κ3) is 4.08. The molecule has 118 valence electrons. The van der Waals surface area contributed by atoms with E-state index in [9.17, 15) is 0 Å². The van der Waals surface area contributed by atoms with Gasteiger partial charge in [-0.1, -0.05) is 38.7 Å². The average molecular weight is 307 g/mol. The fourth-order valence-electron chi connectivity index (χ4n) is 4.15. The molecule has 2 unspecified atom stereocenters. The minimum atomic E-state index is 0.733. The van der Waals surface area contributed by atoms with Crippen LogP contribution in [0, 0.1) is 5.92 Å². The molecule has 0 radical (unpaired) electrons. The van der Waals surface area contributed by atoms with Crippen molar-refractivity contribution >= 4 is 11.3 Å². The first-order chi connectivity index (χ1) is 10.4. The summed E-state index contributed by atoms with van der Waals surface area (Å²) in [6, 6.07) is 5.95. The van der Waals surface area contributed by atoms with Gasteiger partial charge in [-0.2, -0.15) is 0 Å². The topological polar surface area (TPSA) is 15.3 Å². The molecule has 1 N–H and O–H groups in total. The van der Waals surface area contributed by atoms with Gasteiger partial charge in [0.15, 0.2) is 0 Å². The van der Waals surface area contributed by atoms with Crippen LogP contribution in [0.1, 0.15) is 56.7 Å². The lowest BCUT2D eigenvalue weighted by molar-refractivity contribution is 0.0853. The first-order valence-electron chi connectivity index (χ1n) is 8.86. The number of hydrogen-bond acceptors (Lipinski definition) is 3. The van der Waals surface area contributed by atoms with Gasteiger partial charge >= 0.3 is 0 Å². The van der Waals surface area contributed by atoms with Gasteiger partial charge in [0.1, 0.15) is 0 Å². The van der Waals surface area contributed by atoms with Crippen LogP contribution < -0.4 is 5.32 Å². The molecule has 1 aromatic rings. The van der Waals surface area contributed by atoms with Crippen molar-refractivity contribution in [1.82, 2.24) is 10.2 Å². The molecule has 2 fully saturated rings. The summed E-state index contributed by atoms with van der Waals surface area (Å²) in [6.07, 6.45) is 9.88. The number of piperazine rings is 1. The van der Waals surface area contributed by atoms with Gasteiger partial charge in [0, 0.05) is 36.6 Å². The quantitative estimate of drug-likeness (QED) is 0.874. The molecule has 1 aliphatic heterocycles. The summed E-state index contributed by atoms with van der Waals surface area (Å²) in [5, 5.41) is 6.11. The number of nitrogens with zero attached hydrogens (tertiary/aromatic N) is 1. The largest absolute Gasteiger partial charge is 0.311 e. The molecule has 3 heteroatoms. The minimum absolute atomic E-state index is 0.733. The van der Waals surface area contributed by atoms with Crippen molar-refractivity contribution in [2.24, 2.45) is 5.92 Å². The molecule has 1 aliphatic carbocycles. The highest BCUT2D eigenvalue weighted by molar-refractivity contribution is 7.09. The Balaban J connectivity index is 1.62. The predicted octanol–water partition coefficient (Wildman–Crippen LogP) is 4.27. The lowest BCUT2D eigenvalue weighted by atomic mass is 9.82. The fraction of sp³-hybridized carbons (Fsp3) is 0.778. The Kier molecular flexibility index (Phi) is 5.73. The Hall–Kier alpha value is -0.380. The molecule has 2 atom stereocenters. The summed E-state index contributed by atoms with van der Waals surface area (Å²) in [5.41, 5.74) is 0. The van der Waals surface area contributed by atoms with Gasteiger partial charge in [0.2, 0.25) is 0 Å². The van der Waals surface area contributed by atoms with Crippen LogP contribution in [0.5, 0.6) is 0 Å². The fourth-order valence-corrected chi connectivity index (χ4v) is 4.88. The van der Waals surface area contributed by atoms with E-state index in [1.807, 2.05) is 11.3 Å². The van der Waals surface area contributed by atoms with Gasteiger partial charge in [-0.15, -0.1) is 11.3 Å². The molecule has 0 amide bonds. The molecule has 2 nitrogen and oxygen atoms in total. The van der Waals surface area contributed by atoms with E-state index >= 15 is 0 Å². The minimum Gasteiger partial charge on any atom is -0.311 e. The highest BCUT2D eigenvalue weighted by Crippen LogP contribution is 2.29. The summed E-state index contributed by atoms with van der Waals surface area (Å²) in [5.74, 6) is 0.923.